The van der Waals surface area contributed by atoms with Gasteiger partial charge >= 0.3 is 0 Å². The first-order chi connectivity index (χ1) is 5.39. The number of hydrogen-bond donors (Lipinski definition) is 2. The van der Waals surface area contributed by atoms with E-state index in [0.717, 1.165) is 12.7 Å². The van der Waals surface area contributed by atoms with Crippen LogP contribution in [0.2, 0.25) is 0 Å². The van der Waals surface area contributed by atoms with Gasteiger partial charge in [0.05, 0.1) is 0 Å². The highest BCUT2D eigenvalue weighted by atomic mass is 31.1. The Kier molecular flexibility index (Phi) is 5.22. The van der Waals surface area contributed by atoms with Crippen LogP contribution >= 0.6 is 16.5 Å². The Morgan fingerprint density at radius 2 is 2.00 bits per heavy atom. The maximum absolute atomic E-state index is 10.2. The molecule has 2 aliphatic heterocycles. The molecule has 0 aromatic rings. The van der Waals surface area contributed by atoms with Crippen LogP contribution in [-0.4, -0.2) is 25.0 Å². The van der Waals surface area contributed by atoms with Crippen LogP contribution in [-0.2, 0) is 4.57 Å². The summed E-state index contributed by atoms with van der Waals surface area (Å²) in [5.74, 6) is 0. The summed E-state index contributed by atoms with van der Waals surface area (Å²) in [7, 11) is 0.233. The molecule has 1 unspecified atom stereocenters. The Balaban J connectivity index is 0.000000112. The molecule has 1 atom stereocenters. The van der Waals surface area contributed by atoms with Crippen molar-refractivity contribution in [3.05, 3.63) is 0 Å². The average Bonchev–Trinajstić information content (AvgIpc) is 2.57. The van der Waals surface area contributed by atoms with Crippen LogP contribution in [0.3, 0.4) is 0 Å². The molecule has 0 aromatic heterocycles. The summed E-state index contributed by atoms with van der Waals surface area (Å²) in [4.78, 5) is 0. The second-order valence-electron chi connectivity index (χ2n) is 2.60. The van der Waals surface area contributed by atoms with Crippen molar-refractivity contribution in [1.82, 2.24) is 10.6 Å². The van der Waals surface area contributed by atoms with Gasteiger partial charge < -0.3 is 0 Å². The molecule has 2 fully saturated rings. The highest BCUT2D eigenvalue weighted by Gasteiger charge is 2.03. The molecule has 3 nitrogen and oxygen atoms in total. The zero-order valence-electron chi connectivity index (χ0n) is 6.60. The molecule has 0 aromatic carbocycles. The second kappa shape index (κ2) is 6.02. The van der Waals surface area contributed by atoms with Gasteiger partial charge in [0, 0.05) is 12.7 Å². The highest BCUT2D eigenvalue weighted by Crippen LogP contribution is 2.21. The molecule has 2 saturated heterocycles. The van der Waals surface area contributed by atoms with Gasteiger partial charge in [-0.25, -0.2) is 5.43 Å². The van der Waals surface area contributed by atoms with Crippen molar-refractivity contribution in [2.24, 2.45) is 0 Å². The van der Waals surface area contributed by atoms with Gasteiger partial charge in [0.1, 0.15) is 0 Å². The molecule has 0 aliphatic carbocycles. The fourth-order valence-corrected chi connectivity index (χ4v) is 2.95. The molecular formula is C6H15N2OP2. The lowest BCUT2D eigenvalue weighted by Gasteiger charge is -1.80. The normalized spacial score (nSPS) is 26.4. The van der Waals surface area contributed by atoms with Gasteiger partial charge in [0.15, 0.2) is 7.95 Å². The van der Waals surface area contributed by atoms with E-state index in [9.17, 15) is 4.57 Å². The largest absolute Gasteiger partial charge is 0.268 e. The van der Waals surface area contributed by atoms with Crippen LogP contribution in [0.25, 0.3) is 0 Å². The molecule has 0 spiro atoms. The Bertz CT molecular complexity index is 112. The molecule has 1 radical (unpaired) electrons. The lowest BCUT2D eigenvalue weighted by atomic mass is 10.4. The Labute approximate surface area is 70.3 Å². The molecular weight excluding hydrogens is 178 g/mol. The SMILES string of the molecule is C1CCPC1.O=[P]1CCNN1. The van der Waals surface area contributed by atoms with Crippen molar-refractivity contribution >= 4 is 16.5 Å². The van der Waals surface area contributed by atoms with E-state index in [2.05, 4.69) is 10.6 Å². The number of hydrogen-bond acceptors (Lipinski definition) is 2. The zero-order chi connectivity index (χ0) is 7.94. The van der Waals surface area contributed by atoms with E-state index in [1.165, 1.54) is 33.7 Å². The highest BCUT2D eigenvalue weighted by molar-refractivity contribution is 7.42. The van der Waals surface area contributed by atoms with Crippen LogP contribution < -0.4 is 10.6 Å². The third-order valence-electron chi connectivity index (χ3n) is 1.60. The predicted molar refractivity (Wildman–Crippen MR) is 50.9 cm³/mol. The summed E-state index contributed by atoms with van der Waals surface area (Å²) >= 11 is 0. The molecule has 11 heavy (non-hydrogen) atoms. The molecule has 2 rings (SSSR count). The number of nitrogens with one attached hydrogen (secondary N) is 2. The van der Waals surface area contributed by atoms with E-state index in [4.69, 9.17) is 0 Å². The number of rotatable bonds is 0. The van der Waals surface area contributed by atoms with E-state index in [-0.39, 0.29) is 0 Å². The minimum Gasteiger partial charge on any atom is -0.268 e. The van der Waals surface area contributed by atoms with E-state index in [0.29, 0.717) is 0 Å². The van der Waals surface area contributed by atoms with Crippen molar-refractivity contribution in [1.29, 1.82) is 0 Å². The molecule has 2 aliphatic rings. The number of hydrazine groups is 1. The fraction of sp³-hybridized carbons (Fsp3) is 1.00. The monoisotopic (exact) mass is 193 g/mol. The van der Waals surface area contributed by atoms with Crippen molar-refractivity contribution in [3.63, 3.8) is 0 Å². The lowest BCUT2D eigenvalue weighted by Crippen LogP contribution is -2.16. The van der Waals surface area contributed by atoms with Crippen molar-refractivity contribution in [2.45, 2.75) is 12.8 Å². The maximum atomic E-state index is 10.2. The first-order valence-corrected chi connectivity index (χ1v) is 6.89. The van der Waals surface area contributed by atoms with Crippen LogP contribution in [0.5, 0.6) is 0 Å². The molecule has 0 bridgehead atoms. The van der Waals surface area contributed by atoms with E-state index >= 15 is 0 Å². The Morgan fingerprint density at radius 1 is 1.27 bits per heavy atom. The summed E-state index contributed by atoms with van der Waals surface area (Å²) in [6, 6.07) is 0. The summed E-state index contributed by atoms with van der Waals surface area (Å²) in [6.07, 6.45) is 6.85. The average molecular weight is 193 g/mol. The van der Waals surface area contributed by atoms with E-state index < -0.39 is 7.95 Å². The standard InChI is InChI=1S/C4H9P.C2H6N2OP/c1-2-4-5-3-1;5-6-2-1-3-4-6/h5H,1-4H2;3H,1-2H2,(H,4,5). The first kappa shape index (κ1) is 9.54. The summed E-state index contributed by atoms with van der Waals surface area (Å²) in [5, 5.41) is 2.58. The quantitative estimate of drug-likeness (QED) is 0.569. The van der Waals surface area contributed by atoms with E-state index in [1.807, 2.05) is 0 Å². The molecule has 2 heterocycles. The Hall–Kier alpha value is 0.450. The van der Waals surface area contributed by atoms with Gasteiger partial charge in [-0.3, -0.25) is 4.57 Å². The predicted octanol–water partition coefficient (Wildman–Crippen LogP) is 1.30. The molecule has 2 N–H and O–H groups in total. The first-order valence-electron chi connectivity index (χ1n) is 4.03. The van der Waals surface area contributed by atoms with E-state index in [1.54, 1.807) is 0 Å². The fourth-order valence-electron chi connectivity index (χ4n) is 0.982. The van der Waals surface area contributed by atoms with Crippen LogP contribution in [0.1, 0.15) is 12.8 Å². The minimum absolute atomic E-state index is 0.773. The molecule has 0 amide bonds. The lowest BCUT2D eigenvalue weighted by molar-refractivity contribution is 0.582. The zero-order valence-corrected chi connectivity index (χ0v) is 8.49. The van der Waals surface area contributed by atoms with Gasteiger partial charge in [-0.2, -0.15) is 5.20 Å². The van der Waals surface area contributed by atoms with Gasteiger partial charge in [0.25, 0.3) is 0 Å². The Morgan fingerprint density at radius 3 is 2.18 bits per heavy atom. The van der Waals surface area contributed by atoms with Gasteiger partial charge in [-0.15, -0.1) is 8.58 Å². The van der Waals surface area contributed by atoms with Gasteiger partial charge in [-0.05, 0) is 25.2 Å². The van der Waals surface area contributed by atoms with Crippen LogP contribution in [0, 0.1) is 0 Å². The molecule has 5 heteroatoms. The van der Waals surface area contributed by atoms with Crippen LogP contribution in [0.4, 0.5) is 0 Å². The summed E-state index contributed by atoms with van der Waals surface area (Å²) < 4.78 is 10.2. The third-order valence-corrected chi connectivity index (χ3v) is 4.05. The third kappa shape index (κ3) is 4.81. The topological polar surface area (TPSA) is 41.1 Å². The van der Waals surface area contributed by atoms with Gasteiger partial charge in [-0.1, -0.05) is 0 Å². The van der Waals surface area contributed by atoms with Gasteiger partial charge in [0.2, 0.25) is 0 Å². The van der Waals surface area contributed by atoms with Crippen LogP contribution in [0.15, 0.2) is 0 Å². The summed E-state index contributed by atoms with van der Waals surface area (Å²) in [5.41, 5.74) is 2.74. The minimum atomic E-state index is -1.08. The molecule has 0 saturated carbocycles. The van der Waals surface area contributed by atoms with Crippen molar-refractivity contribution < 1.29 is 4.57 Å². The smallest absolute Gasteiger partial charge is 0.160 e. The molecule has 65 valence electrons. The summed E-state index contributed by atoms with van der Waals surface area (Å²) in [6.45, 7) is 0.842. The van der Waals surface area contributed by atoms with Crippen molar-refractivity contribution in [2.75, 3.05) is 25.0 Å². The van der Waals surface area contributed by atoms with Crippen molar-refractivity contribution in [3.8, 4) is 0 Å². The second-order valence-corrected chi connectivity index (χ2v) is 5.53. The maximum Gasteiger partial charge on any atom is 0.160 e.